The van der Waals surface area contributed by atoms with E-state index in [0.717, 1.165) is 57.8 Å². The van der Waals surface area contributed by atoms with Gasteiger partial charge in [-0.15, -0.1) is 0 Å². The zero-order valence-electron chi connectivity index (χ0n) is 29.8. The van der Waals surface area contributed by atoms with Crippen molar-refractivity contribution in [1.82, 2.24) is 0 Å². The van der Waals surface area contributed by atoms with Gasteiger partial charge in [0.25, 0.3) is 0 Å². The minimum Gasteiger partial charge on any atom is -0.462 e. The minimum atomic E-state index is -4.60. The summed E-state index contributed by atoms with van der Waals surface area (Å²) < 4.78 is 32.5. The summed E-state index contributed by atoms with van der Waals surface area (Å²) in [6.45, 7) is 2.33. The molecule has 10 nitrogen and oxygen atoms in total. The Morgan fingerprint density at radius 3 is 1.53 bits per heavy atom. The van der Waals surface area contributed by atoms with Crippen LogP contribution in [0.2, 0.25) is 0 Å². The third kappa shape index (κ3) is 33.0. The van der Waals surface area contributed by atoms with Gasteiger partial charge in [-0.05, 0) is 38.5 Å². The third-order valence-corrected chi connectivity index (χ3v) is 8.87. The van der Waals surface area contributed by atoms with E-state index in [1.807, 2.05) is 0 Å². The fraction of sp³-hybridized carbons (Fsp3) is 0.889. The van der Waals surface area contributed by atoms with Gasteiger partial charge >= 0.3 is 19.8 Å². The van der Waals surface area contributed by atoms with Gasteiger partial charge in [0.2, 0.25) is 0 Å². The van der Waals surface area contributed by atoms with E-state index < -0.39 is 51.8 Å². The molecule has 0 aliphatic carbocycles. The highest BCUT2D eigenvalue weighted by atomic mass is 31.2. The molecule has 0 heterocycles. The number of aliphatic hydroxyl groups is 2. The molecular weight excluding hydrogens is 623 g/mol. The van der Waals surface area contributed by atoms with Crippen molar-refractivity contribution in [3.8, 4) is 0 Å². The van der Waals surface area contributed by atoms with Crippen LogP contribution in [-0.2, 0) is 32.7 Å². The molecule has 0 fully saturated rings. The quantitative estimate of drug-likeness (QED) is 0.0254. The standard InChI is InChI=1S/C36H69O10P/c1-3-5-7-9-11-13-14-15-16-17-18-20-22-24-26-28-36(40)46-34(32-45-47(41,42)44-30-33(38)29-37)31-43-35(39)27-25-23-21-19-12-10-8-6-4-2/h15-16,33-34,37-38H,3-14,17-32H2,1-2H3,(H,41,42)/b16-15-. The number of phosphoric ester groups is 1. The van der Waals surface area contributed by atoms with Crippen LogP contribution in [0.4, 0.5) is 0 Å². The average molecular weight is 693 g/mol. The molecule has 3 atom stereocenters. The van der Waals surface area contributed by atoms with Crippen LogP contribution in [0.25, 0.3) is 0 Å². The molecule has 0 bridgehead atoms. The zero-order chi connectivity index (χ0) is 34.9. The van der Waals surface area contributed by atoms with Crippen LogP contribution >= 0.6 is 7.82 Å². The second-order valence-electron chi connectivity index (χ2n) is 12.6. The average Bonchev–Trinajstić information content (AvgIpc) is 3.05. The lowest BCUT2D eigenvalue weighted by Crippen LogP contribution is -2.29. The highest BCUT2D eigenvalue weighted by Crippen LogP contribution is 2.43. The van der Waals surface area contributed by atoms with Crippen LogP contribution in [-0.4, -0.2) is 65.7 Å². The number of allylic oxidation sites excluding steroid dienone is 2. The first-order valence-electron chi connectivity index (χ1n) is 18.6. The Bertz CT molecular complexity index is 807. The van der Waals surface area contributed by atoms with Crippen molar-refractivity contribution in [2.24, 2.45) is 0 Å². The summed E-state index contributed by atoms with van der Waals surface area (Å²) in [6.07, 6.45) is 27.6. The zero-order valence-corrected chi connectivity index (χ0v) is 30.6. The molecule has 0 aliphatic heterocycles. The first-order chi connectivity index (χ1) is 22.7. The van der Waals surface area contributed by atoms with E-state index in [1.165, 1.54) is 70.6 Å². The summed E-state index contributed by atoms with van der Waals surface area (Å²) in [6, 6.07) is 0. The summed E-state index contributed by atoms with van der Waals surface area (Å²) in [5, 5.41) is 18.2. The fourth-order valence-corrected chi connectivity index (χ4v) is 5.78. The normalized spacial score (nSPS) is 14.2. The van der Waals surface area contributed by atoms with E-state index in [1.54, 1.807) is 0 Å². The van der Waals surface area contributed by atoms with Crippen LogP contribution in [0.15, 0.2) is 12.2 Å². The monoisotopic (exact) mass is 692 g/mol. The molecule has 3 N–H and O–H groups in total. The van der Waals surface area contributed by atoms with Crippen molar-refractivity contribution in [3.05, 3.63) is 12.2 Å². The van der Waals surface area contributed by atoms with Crippen molar-refractivity contribution in [3.63, 3.8) is 0 Å². The third-order valence-electron chi connectivity index (χ3n) is 7.92. The van der Waals surface area contributed by atoms with E-state index in [4.69, 9.17) is 19.1 Å². The maximum atomic E-state index is 12.5. The van der Waals surface area contributed by atoms with E-state index in [2.05, 4.69) is 30.5 Å². The second kappa shape index (κ2) is 33.2. The van der Waals surface area contributed by atoms with E-state index in [9.17, 15) is 24.2 Å². The van der Waals surface area contributed by atoms with E-state index >= 15 is 0 Å². The van der Waals surface area contributed by atoms with Gasteiger partial charge in [0.05, 0.1) is 19.8 Å². The number of phosphoric acid groups is 1. The van der Waals surface area contributed by atoms with Gasteiger partial charge in [-0.25, -0.2) is 4.57 Å². The number of unbranched alkanes of at least 4 members (excludes halogenated alkanes) is 19. The molecule has 0 spiro atoms. The van der Waals surface area contributed by atoms with Gasteiger partial charge in [0.1, 0.15) is 12.7 Å². The van der Waals surface area contributed by atoms with Crippen LogP contribution in [0.1, 0.15) is 168 Å². The number of rotatable bonds is 35. The van der Waals surface area contributed by atoms with Gasteiger partial charge in [-0.1, -0.05) is 129 Å². The van der Waals surface area contributed by atoms with Crippen molar-refractivity contribution in [2.75, 3.05) is 26.4 Å². The summed E-state index contributed by atoms with van der Waals surface area (Å²) in [5.41, 5.74) is 0. The first kappa shape index (κ1) is 45.7. The fourth-order valence-electron chi connectivity index (χ4n) is 4.99. The number of hydrogen-bond acceptors (Lipinski definition) is 9. The summed E-state index contributed by atoms with van der Waals surface area (Å²) >= 11 is 0. The van der Waals surface area contributed by atoms with Crippen molar-refractivity contribution >= 4 is 19.8 Å². The van der Waals surface area contributed by atoms with Gasteiger partial charge in [-0.3, -0.25) is 18.6 Å². The lowest BCUT2D eigenvalue weighted by atomic mass is 10.1. The number of ether oxygens (including phenoxy) is 2. The van der Waals surface area contributed by atoms with E-state index in [-0.39, 0.29) is 19.4 Å². The maximum absolute atomic E-state index is 12.5. The molecule has 0 aromatic rings. The van der Waals surface area contributed by atoms with Crippen LogP contribution < -0.4 is 0 Å². The minimum absolute atomic E-state index is 0.178. The summed E-state index contributed by atoms with van der Waals surface area (Å²) in [4.78, 5) is 34.7. The SMILES string of the molecule is CCCCCCCC/C=C\CCCCCCCC(=O)OC(COC(=O)CCCCCCCCCCC)COP(=O)(O)OCC(O)CO. The molecule has 0 saturated carbocycles. The molecule has 3 unspecified atom stereocenters. The Balaban J connectivity index is 4.37. The number of carbonyl (C=O) groups excluding carboxylic acids is 2. The van der Waals surface area contributed by atoms with Gasteiger partial charge < -0.3 is 24.6 Å². The summed E-state index contributed by atoms with van der Waals surface area (Å²) in [5.74, 6) is -0.934. The first-order valence-corrected chi connectivity index (χ1v) is 20.1. The number of carbonyl (C=O) groups is 2. The predicted octanol–water partition coefficient (Wildman–Crippen LogP) is 8.89. The van der Waals surface area contributed by atoms with Gasteiger partial charge in [0, 0.05) is 12.8 Å². The molecule has 0 aromatic carbocycles. The molecule has 0 saturated heterocycles. The Kier molecular flexibility index (Phi) is 32.3. The van der Waals surface area contributed by atoms with Crippen molar-refractivity contribution in [2.45, 2.75) is 180 Å². The molecule has 0 rings (SSSR count). The van der Waals surface area contributed by atoms with E-state index in [0.29, 0.717) is 12.8 Å². The van der Waals surface area contributed by atoms with Crippen LogP contribution in [0.3, 0.4) is 0 Å². The molecular formula is C36H69O10P. The Morgan fingerprint density at radius 2 is 1.04 bits per heavy atom. The lowest BCUT2D eigenvalue weighted by Gasteiger charge is -2.20. The number of esters is 2. The smallest absolute Gasteiger partial charge is 0.462 e. The molecule has 11 heteroatoms. The highest BCUT2D eigenvalue weighted by Gasteiger charge is 2.27. The van der Waals surface area contributed by atoms with Gasteiger partial charge in [0.15, 0.2) is 6.10 Å². The van der Waals surface area contributed by atoms with Crippen molar-refractivity contribution < 1.29 is 47.8 Å². The van der Waals surface area contributed by atoms with Crippen LogP contribution in [0, 0.1) is 0 Å². The summed E-state index contributed by atoms with van der Waals surface area (Å²) in [7, 11) is -4.60. The van der Waals surface area contributed by atoms with Crippen LogP contribution in [0.5, 0.6) is 0 Å². The highest BCUT2D eigenvalue weighted by molar-refractivity contribution is 7.47. The lowest BCUT2D eigenvalue weighted by molar-refractivity contribution is -0.161. The Hall–Kier alpha value is -1.29. The number of hydrogen-bond donors (Lipinski definition) is 3. The largest absolute Gasteiger partial charge is 0.472 e. The number of aliphatic hydroxyl groups excluding tert-OH is 2. The Morgan fingerprint density at radius 1 is 0.617 bits per heavy atom. The van der Waals surface area contributed by atoms with Gasteiger partial charge in [-0.2, -0.15) is 0 Å². The topological polar surface area (TPSA) is 149 Å². The Labute approximate surface area is 286 Å². The predicted molar refractivity (Wildman–Crippen MR) is 187 cm³/mol. The second-order valence-corrected chi connectivity index (χ2v) is 14.1. The molecule has 0 aliphatic rings. The molecule has 278 valence electrons. The maximum Gasteiger partial charge on any atom is 0.472 e. The van der Waals surface area contributed by atoms with Crippen molar-refractivity contribution in [1.29, 1.82) is 0 Å². The molecule has 47 heavy (non-hydrogen) atoms. The molecule has 0 radical (unpaired) electrons. The molecule has 0 aromatic heterocycles. The molecule has 0 amide bonds.